The topological polar surface area (TPSA) is 35.2 Å². The number of ether oxygens (including phenoxy) is 1. The van der Waals surface area contributed by atoms with Gasteiger partial charge in [-0.1, -0.05) is 29.8 Å². The molecule has 0 atom stereocenters. The van der Waals surface area contributed by atoms with Crippen LogP contribution in [0.2, 0.25) is 5.02 Å². The largest absolute Gasteiger partial charge is 0.487 e. The molecule has 0 heterocycles. The van der Waals surface area contributed by atoms with Gasteiger partial charge in [-0.15, -0.1) is 0 Å². The van der Waals surface area contributed by atoms with Crippen molar-refractivity contribution in [3.8, 4) is 5.75 Å². The highest BCUT2D eigenvalue weighted by Crippen LogP contribution is 2.25. The molecule has 94 valence electrons. The second-order valence-electron chi connectivity index (χ2n) is 4.42. The Bertz CT molecular complexity index is 515. The van der Waals surface area contributed by atoms with Crippen molar-refractivity contribution in [1.29, 1.82) is 0 Å². The van der Waals surface area contributed by atoms with Crippen LogP contribution in [-0.4, -0.2) is 0 Å². The van der Waals surface area contributed by atoms with E-state index in [9.17, 15) is 0 Å². The quantitative estimate of drug-likeness (QED) is 0.844. The Morgan fingerprint density at radius 3 is 2.39 bits per heavy atom. The molecular weight excluding hydrogens is 246 g/mol. The van der Waals surface area contributed by atoms with Gasteiger partial charge in [-0.25, -0.2) is 0 Å². The van der Waals surface area contributed by atoms with E-state index in [1.807, 2.05) is 50.2 Å². The number of aryl methyl sites for hydroxylation is 2. The Labute approximate surface area is 112 Å². The molecule has 0 saturated carbocycles. The van der Waals surface area contributed by atoms with Gasteiger partial charge in [0, 0.05) is 10.6 Å². The standard InChI is InChI=1S/C15H16ClNO/c1-10-3-5-12(13(16)7-10)9-18-15-6-4-11(2)8-14(15)17/h3-8H,9,17H2,1-2H3. The van der Waals surface area contributed by atoms with Crippen LogP contribution in [0.3, 0.4) is 0 Å². The number of anilines is 1. The normalized spacial score (nSPS) is 10.4. The lowest BCUT2D eigenvalue weighted by Crippen LogP contribution is -1.99. The molecule has 2 N–H and O–H groups in total. The second kappa shape index (κ2) is 5.32. The Kier molecular flexibility index (Phi) is 3.78. The first kappa shape index (κ1) is 12.8. The third kappa shape index (κ3) is 2.96. The molecule has 0 fully saturated rings. The van der Waals surface area contributed by atoms with E-state index in [-0.39, 0.29) is 0 Å². The molecule has 0 unspecified atom stereocenters. The van der Waals surface area contributed by atoms with Gasteiger partial charge >= 0.3 is 0 Å². The van der Waals surface area contributed by atoms with Crippen LogP contribution < -0.4 is 10.5 Å². The maximum atomic E-state index is 6.15. The van der Waals surface area contributed by atoms with Gasteiger partial charge in [-0.2, -0.15) is 0 Å². The van der Waals surface area contributed by atoms with Crippen LogP contribution >= 0.6 is 11.6 Å². The molecule has 0 aliphatic carbocycles. The molecule has 2 aromatic carbocycles. The van der Waals surface area contributed by atoms with Gasteiger partial charge < -0.3 is 10.5 Å². The summed E-state index contributed by atoms with van der Waals surface area (Å²) < 4.78 is 5.69. The lowest BCUT2D eigenvalue weighted by Gasteiger charge is -2.10. The summed E-state index contributed by atoms with van der Waals surface area (Å²) in [7, 11) is 0. The first-order chi connectivity index (χ1) is 8.56. The van der Waals surface area contributed by atoms with Gasteiger partial charge in [0.25, 0.3) is 0 Å². The zero-order valence-electron chi connectivity index (χ0n) is 10.5. The summed E-state index contributed by atoms with van der Waals surface area (Å²) in [5.74, 6) is 0.692. The predicted molar refractivity (Wildman–Crippen MR) is 76.1 cm³/mol. The van der Waals surface area contributed by atoms with Crippen molar-refractivity contribution in [3.05, 3.63) is 58.1 Å². The van der Waals surface area contributed by atoms with Gasteiger partial charge in [0.1, 0.15) is 12.4 Å². The minimum atomic E-state index is 0.423. The lowest BCUT2D eigenvalue weighted by atomic mass is 10.1. The smallest absolute Gasteiger partial charge is 0.142 e. The van der Waals surface area contributed by atoms with Gasteiger partial charge in [0.2, 0.25) is 0 Å². The highest BCUT2D eigenvalue weighted by molar-refractivity contribution is 6.31. The zero-order chi connectivity index (χ0) is 13.1. The first-order valence-electron chi connectivity index (χ1n) is 5.80. The maximum Gasteiger partial charge on any atom is 0.142 e. The van der Waals surface area contributed by atoms with E-state index < -0.39 is 0 Å². The Morgan fingerprint density at radius 1 is 1.06 bits per heavy atom. The number of hydrogen-bond acceptors (Lipinski definition) is 2. The maximum absolute atomic E-state index is 6.15. The third-order valence-corrected chi connectivity index (χ3v) is 3.11. The highest BCUT2D eigenvalue weighted by Gasteiger charge is 2.04. The minimum absolute atomic E-state index is 0.423. The molecule has 3 heteroatoms. The Balaban J connectivity index is 2.11. The summed E-state index contributed by atoms with van der Waals surface area (Å²) in [6.45, 7) is 4.43. The van der Waals surface area contributed by atoms with E-state index >= 15 is 0 Å². The number of halogens is 1. The van der Waals surface area contributed by atoms with Crippen molar-refractivity contribution in [2.75, 3.05) is 5.73 Å². The Morgan fingerprint density at radius 2 is 1.72 bits per heavy atom. The summed E-state index contributed by atoms with van der Waals surface area (Å²) >= 11 is 6.15. The summed E-state index contributed by atoms with van der Waals surface area (Å²) in [4.78, 5) is 0. The predicted octanol–water partition coefficient (Wildman–Crippen LogP) is 4.12. The number of nitrogens with two attached hydrogens (primary N) is 1. The molecule has 2 aromatic rings. The number of benzene rings is 2. The molecule has 2 nitrogen and oxygen atoms in total. The number of hydrogen-bond donors (Lipinski definition) is 1. The van der Waals surface area contributed by atoms with E-state index in [1.165, 1.54) is 0 Å². The summed E-state index contributed by atoms with van der Waals surface area (Å²) in [6, 6.07) is 11.7. The summed E-state index contributed by atoms with van der Waals surface area (Å²) in [5.41, 5.74) is 9.76. The fourth-order valence-electron chi connectivity index (χ4n) is 1.72. The number of nitrogen functional groups attached to an aromatic ring is 1. The van der Waals surface area contributed by atoms with Crippen molar-refractivity contribution < 1.29 is 4.74 Å². The van der Waals surface area contributed by atoms with Crippen LogP contribution in [0.5, 0.6) is 5.75 Å². The molecule has 0 bridgehead atoms. The van der Waals surface area contributed by atoms with Gasteiger partial charge in [0.15, 0.2) is 0 Å². The molecule has 0 saturated heterocycles. The molecule has 0 amide bonds. The van der Waals surface area contributed by atoms with Gasteiger partial charge in [-0.05, 0) is 43.2 Å². The van der Waals surface area contributed by atoms with E-state index in [4.69, 9.17) is 22.1 Å². The summed E-state index contributed by atoms with van der Waals surface area (Å²) in [6.07, 6.45) is 0. The van der Waals surface area contributed by atoms with Crippen molar-refractivity contribution in [2.45, 2.75) is 20.5 Å². The van der Waals surface area contributed by atoms with Crippen LogP contribution in [0.1, 0.15) is 16.7 Å². The Hall–Kier alpha value is -1.67. The van der Waals surface area contributed by atoms with Crippen LogP contribution in [0, 0.1) is 13.8 Å². The van der Waals surface area contributed by atoms with Crippen molar-refractivity contribution in [1.82, 2.24) is 0 Å². The molecule has 0 aliphatic rings. The van der Waals surface area contributed by atoms with Crippen molar-refractivity contribution in [2.24, 2.45) is 0 Å². The molecule has 0 aromatic heterocycles. The van der Waals surface area contributed by atoms with Gasteiger partial charge in [0.05, 0.1) is 5.69 Å². The average molecular weight is 262 g/mol. The van der Waals surface area contributed by atoms with E-state index in [1.54, 1.807) is 0 Å². The number of rotatable bonds is 3. The van der Waals surface area contributed by atoms with Crippen LogP contribution in [-0.2, 0) is 6.61 Å². The fourth-order valence-corrected chi connectivity index (χ4v) is 2.01. The lowest BCUT2D eigenvalue weighted by molar-refractivity contribution is 0.308. The average Bonchev–Trinajstić information content (AvgIpc) is 2.30. The zero-order valence-corrected chi connectivity index (χ0v) is 11.3. The summed E-state index contributed by atoms with van der Waals surface area (Å²) in [5, 5.41) is 0.723. The monoisotopic (exact) mass is 261 g/mol. The SMILES string of the molecule is Cc1ccc(OCc2ccc(C)cc2Cl)c(N)c1. The van der Waals surface area contributed by atoms with E-state index in [2.05, 4.69) is 0 Å². The van der Waals surface area contributed by atoms with Crippen molar-refractivity contribution in [3.63, 3.8) is 0 Å². The minimum Gasteiger partial charge on any atom is -0.487 e. The van der Waals surface area contributed by atoms with Crippen LogP contribution in [0.25, 0.3) is 0 Å². The molecule has 18 heavy (non-hydrogen) atoms. The molecule has 0 spiro atoms. The molecule has 0 aliphatic heterocycles. The highest BCUT2D eigenvalue weighted by atomic mass is 35.5. The first-order valence-corrected chi connectivity index (χ1v) is 6.18. The molecular formula is C15H16ClNO. The van der Waals surface area contributed by atoms with E-state index in [0.717, 1.165) is 21.7 Å². The van der Waals surface area contributed by atoms with Crippen LogP contribution in [0.15, 0.2) is 36.4 Å². The van der Waals surface area contributed by atoms with E-state index in [0.29, 0.717) is 18.0 Å². The molecule has 0 radical (unpaired) electrons. The second-order valence-corrected chi connectivity index (χ2v) is 4.83. The third-order valence-electron chi connectivity index (χ3n) is 2.76. The fraction of sp³-hybridized carbons (Fsp3) is 0.200. The van der Waals surface area contributed by atoms with Gasteiger partial charge in [-0.3, -0.25) is 0 Å². The van der Waals surface area contributed by atoms with Crippen molar-refractivity contribution >= 4 is 17.3 Å². The van der Waals surface area contributed by atoms with Crippen LogP contribution in [0.4, 0.5) is 5.69 Å². The molecule has 2 rings (SSSR count).